The molecule has 0 heterocycles. The van der Waals surface area contributed by atoms with Crippen LogP contribution in [0, 0.1) is 11.3 Å². The average Bonchev–Trinajstić information content (AvgIpc) is 2.49. The molecule has 23 heavy (non-hydrogen) atoms. The fraction of sp³-hybridized carbons (Fsp3) is 0.800. The number of hydrogen-bond acceptors (Lipinski definition) is 7. The van der Waals surface area contributed by atoms with Crippen LogP contribution < -0.4 is 0 Å². The number of aliphatic carboxylic acids is 1. The normalized spacial score (nSPS) is 14.0. The van der Waals surface area contributed by atoms with Gasteiger partial charge in [-0.15, -0.1) is 11.8 Å². The molecule has 0 fully saturated rings. The quantitative estimate of drug-likeness (QED) is 0.537. The second kappa shape index (κ2) is 10.5. The molecule has 0 aliphatic carbocycles. The summed E-state index contributed by atoms with van der Waals surface area (Å²) in [5.41, 5.74) is -0.617. The summed E-state index contributed by atoms with van der Waals surface area (Å²) in [5, 5.41) is 18.3. The summed E-state index contributed by atoms with van der Waals surface area (Å²) in [6, 6.07) is 0. The molecule has 0 aromatic heterocycles. The Kier molecular flexibility index (Phi) is 9.90. The summed E-state index contributed by atoms with van der Waals surface area (Å²) in [4.78, 5) is 33.7. The van der Waals surface area contributed by atoms with Crippen molar-refractivity contribution in [1.29, 1.82) is 0 Å². The van der Waals surface area contributed by atoms with E-state index in [4.69, 9.17) is 14.6 Å². The number of aliphatic hydroxyl groups excluding tert-OH is 1. The number of esters is 2. The van der Waals surface area contributed by atoms with Gasteiger partial charge in [0.2, 0.25) is 0 Å². The van der Waals surface area contributed by atoms with Gasteiger partial charge in [0.1, 0.15) is 19.3 Å². The largest absolute Gasteiger partial charge is 0.481 e. The van der Waals surface area contributed by atoms with Crippen molar-refractivity contribution in [2.75, 3.05) is 24.7 Å². The lowest BCUT2D eigenvalue weighted by atomic mass is 9.91. The minimum Gasteiger partial charge on any atom is -0.481 e. The molecule has 0 saturated heterocycles. The monoisotopic (exact) mass is 350 g/mol. The number of hydrogen-bond donors (Lipinski definition) is 2. The molecule has 0 rings (SSSR count). The van der Waals surface area contributed by atoms with E-state index in [1.165, 1.54) is 0 Å². The fourth-order valence-electron chi connectivity index (χ4n) is 1.18. The van der Waals surface area contributed by atoms with Gasteiger partial charge in [-0.1, -0.05) is 13.8 Å². The molecule has 0 spiro atoms. The third kappa shape index (κ3) is 9.45. The van der Waals surface area contributed by atoms with Crippen LogP contribution in [-0.4, -0.2) is 58.9 Å². The lowest BCUT2D eigenvalue weighted by molar-refractivity contribution is -0.159. The maximum absolute atomic E-state index is 11.7. The van der Waals surface area contributed by atoms with Gasteiger partial charge in [-0.2, -0.15) is 0 Å². The molecule has 2 N–H and O–H groups in total. The maximum Gasteiger partial charge on any atom is 0.315 e. The van der Waals surface area contributed by atoms with E-state index in [0.29, 0.717) is 12.2 Å². The first-order valence-corrected chi connectivity index (χ1v) is 8.57. The van der Waals surface area contributed by atoms with Crippen LogP contribution in [-0.2, 0) is 23.9 Å². The minimum atomic E-state index is -1.08. The molecular weight excluding hydrogens is 324 g/mol. The van der Waals surface area contributed by atoms with Crippen LogP contribution in [0.4, 0.5) is 0 Å². The Labute approximate surface area is 140 Å². The number of carbonyl (C=O) groups excluding carboxylic acids is 2. The van der Waals surface area contributed by atoms with Crippen molar-refractivity contribution in [2.45, 2.75) is 40.2 Å². The minimum absolute atomic E-state index is 0.00694. The van der Waals surface area contributed by atoms with Crippen molar-refractivity contribution in [1.82, 2.24) is 0 Å². The standard InChI is InChI=1S/C15H26O7S/c1-5-15(3,4)14(20)22-7-11(16)6-21-12(17)9-23-8-10(2)13(18)19/h10-11,16H,5-9H2,1-4H3,(H,18,19). The molecule has 0 aromatic carbocycles. The molecule has 0 saturated carbocycles. The third-order valence-corrected chi connectivity index (χ3v) is 4.46. The zero-order valence-electron chi connectivity index (χ0n) is 14.0. The highest BCUT2D eigenvalue weighted by molar-refractivity contribution is 7.99. The van der Waals surface area contributed by atoms with Gasteiger partial charge < -0.3 is 19.7 Å². The molecule has 2 atom stereocenters. The fourth-order valence-corrected chi connectivity index (χ4v) is 2.04. The molecule has 0 amide bonds. The van der Waals surface area contributed by atoms with Gasteiger partial charge in [0.15, 0.2) is 0 Å². The van der Waals surface area contributed by atoms with Crippen LogP contribution in [0.25, 0.3) is 0 Å². The van der Waals surface area contributed by atoms with Crippen LogP contribution in [0.5, 0.6) is 0 Å². The van der Waals surface area contributed by atoms with Gasteiger partial charge in [0.25, 0.3) is 0 Å². The lowest BCUT2D eigenvalue weighted by Crippen LogP contribution is -2.31. The van der Waals surface area contributed by atoms with E-state index in [1.54, 1.807) is 20.8 Å². The molecule has 2 unspecified atom stereocenters. The topological polar surface area (TPSA) is 110 Å². The van der Waals surface area contributed by atoms with Crippen molar-refractivity contribution in [3.05, 3.63) is 0 Å². The number of carbonyl (C=O) groups is 3. The predicted octanol–water partition coefficient (Wildman–Crippen LogP) is 1.32. The third-order valence-electron chi connectivity index (χ3n) is 3.29. The molecule has 134 valence electrons. The molecule has 0 radical (unpaired) electrons. The van der Waals surface area contributed by atoms with E-state index in [9.17, 15) is 19.5 Å². The number of carboxylic acids is 1. The highest BCUT2D eigenvalue weighted by Crippen LogP contribution is 2.21. The second-order valence-electron chi connectivity index (χ2n) is 5.93. The Morgan fingerprint density at radius 3 is 2.26 bits per heavy atom. The molecule has 0 bridgehead atoms. The second-order valence-corrected chi connectivity index (χ2v) is 6.96. The SMILES string of the molecule is CCC(C)(C)C(=O)OCC(O)COC(=O)CSCC(C)C(=O)O. The van der Waals surface area contributed by atoms with Gasteiger partial charge in [-0.3, -0.25) is 14.4 Å². The zero-order chi connectivity index (χ0) is 18.0. The number of carboxylic acid groups (broad SMARTS) is 1. The summed E-state index contributed by atoms with van der Waals surface area (Å²) >= 11 is 1.15. The number of thioether (sulfide) groups is 1. The summed E-state index contributed by atoms with van der Waals surface area (Å²) in [6.45, 7) is 6.40. The molecule has 0 aromatic rings. The maximum atomic E-state index is 11.7. The van der Waals surface area contributed by atoms with Crippen LogP contribution in [0.3, 0.4) is 0 Å². The first-order valence-electron chi connectivity index (χ1n) is 7.41. The van der Waals surface area contributed by atoms with Crippen molar-refractivity contribution < 1.29 is 34.1 Å². The summed E-state index contributed by atoms with van der Waals surface area (Å²) < 4.78 is 9.82. The molecule has 0 aliphatic heterocycles. The van der Waals surface area contributed by atoms with Gasteiger partial charge in [-0.25, -0.2) is 0 Å². The van der Waals surface area contributed by atoms with Gasteiger partial charge in [0.05, 0.1) is 17.1 Å². The summed E-state index contributed by atoms with van der Waals surface area (Å²) in [5.74, 6) is -2.11. The first kappa shape index (κ1) is 21.7. The summed E-state index contributed by atoms with van der Waals surface area (Å²) in [6.07, 6.45) is -0.471. The van der Waals surface area contributed by atoms with Crippen molar-refractivity contribution in [3.63, 3.8) is 0 Å². The van der Waals surface area contributed by atoms with Gasteiger partial charge in [-0.05, 0) is 20.3 Å². The number of aliphatic hydroxyl groups is 1. The molecule has 0 aliphatic rings. The van der Waals surface area contributed by atoms with Crippen LogP contribution in [0.15, 0.2) is 0 Å². The van der Waals surface area contributed by atoms with E-state index < -0.39 is 35.3 Å². The smallest absolute Gasteiger partial charge is 0.315 e. The lowest BCUT2D eigenvalue weighted by Gasteiger charge is -2.21. The predicted molar refractivity (Wildman–Crippen MR) is 86.1 cm³/mol. The van der Waals surface area contributed by atoms with E-state index >= 15 is 0 Å². The Balaban J connectivity index is 3.88. The number of rotatable bonds is 11. The van der Waals surface area contributed by atoms with Crippen molar-refractivity contribution in [3.8, 4) is 0 Å². The van der Waals surface area contributed by atoms with Crippen molar-refractivity contribution in [2.24, 2.45) is 11.3 Å². The molecular formula is C15H26O7S. The highest BCUT2D eigenvalue weighted by atomic mass is 32.2. The zero-order valence-corrected chi connectivity index (χ0v) is 14.9. The Bertz CT molecular complexity index is 409. The van der Waals surface area contributed by atoms with Gasteiger partial charge in [0, 0.05) is 5.75 Å². The Hall–Kier alpha value is -1.28. The molecule has 7 nitrogen and oxygen atoms in total. The Morgan fingerprint density at radius 1 is 1.17 bits per heavy atom. The summed E-state index contributed by atoms with van der Waals surface area (Å²) in [7, 11) is 0. The van der Waals surface area contributed by atoms with E-state index in [2.05, 4.69) is 0 Å². The van der Waals surface area contributed by atoms with Crippen LogP contribution >= 0.6 is 11.8 Å². The van der Waals surface area contributed by atoms with Crippen LogP contribution in [0.1, 0.15) is 34.1 Å². The van der Waals surface area contributed by atoms with E-state index in [-0.39, 0.29) is 19.0 Å². The van der Waals surface area contributed by atoms with E-state index in [1.807, 2.05) is 6.92 Å². The van der Waals surface area contributed by atoms with Gasteiger partial charge >= 0.3 is 17.9 Å². The highest BCUT2D eigenvalue weighted by Gasteiger charge is 2.27. The van der Waals surface area contributed by atoms with E-state index in [0.717, 1.165) is 11.8 Å². The van der Waals surface area contributed by atoms with Crippen molar-refractivity contribution >= 4 is 29.7 Å². The number of ether oxygens (including phenoxy) is 2. The van der Waals surface area contributed by atoms with Crippen LogP contribution in [0.2, 0.25) is 0 Å². The Morgan fingerprint density at radius 2 is 1.74 bits per heavy atom. The average molecular weight is 350 g/mol. The first-order chi connectivity index (χ1) is 10.6. The molecule has 8 heteroatoms.